The number of anilines is 1. The Bertz CT molecular complexity index is 1260. The minimum atomic E-state index is -3.92. The average molecular weight is 486 g/mol. The smallest absolute Gasteiger partial charge is 0.338 e. The summed E-state index contributed by atoms with van der Waals surface area (Å²) in [5.41, 5.74) is 0.889. The molecule has 0 aliphatic rings. The highest BCUT2D eigenvalue weighted by atomic mass is 32.2. The molecule has 3 aromatic carbocycles. The summed E-state index contributed by atoms with van der Waals surface area (Å²) in [6, 6.07) is 17.3. The van der Waals surface area contributed by atoms with Crippen LogP contribution in [0.2, 0.25) is 0 Å². The molecule has 3 aromatic rings. The summed E-state index contributed by atoms with van der Waals surface area (Å²) in [6.45, 7) is -0.0193. The quantitative estimate of drug-likeness (QED) is 0.239. The Kier molecular flexibility index (Phi) is 8.01. The molecule has 0 spiro atoms. The Morgan fingerprint density at radius 1 is 0.941 bits per heavy atom. The Morgan fingerprint density at radius 3 is 2.26 bits per heavy atom. The van der Waals surface area contributed by atoms with E-state index in [1.54, 1.807) is 24.3 Å². The predicted octanol–water partition coefficient (Wildman–Crippen LogP) is 4.48. The van der Waals surface area contributed by atoms with E-state index in [1.807, 2.05) is 0 Å². The standard InChI is InChI=1S/C25H24FNO6S/c1-27(21-12-14-22(32-2)15-13-21)34(30,31)23-6-3-5-19(17-23)25(29)33-16-4-7-24(28)18-8-10-20(26)11-9-18/h3,5-6,8-15,17H,4,7,16H2,1-2H3. The molecule has 0 amide bonds. The van der Waals surface area contributed by atoms with Crippen molar-refractivity contribution in [1.29, 1.82) is 0 Å². The first-order valence-electron chi connectivity index (χ1n) is 10.4. The van der Waals surface area contributed by atoms with Crippen LogP contribution in [-0.2, 0) is 14.8 Å². The fourth-order valence-electron chi connectivity index (χ4n) is 3.13. The van der Waals surface area contributed by atoms with Gasteiger partial charge in [0, 0.05) is 19.0 Å². The minimum Gasteiger partial charge on any atom is -0.497 e. The number of carbonyl (C=O) groups is 2. The maximum absolute atomic E-state index is 13.0. The molecule has 7 nitrogen and oxygen atoms in total. The molecule has 0 aromatic heterocycles. The molecule has 0 bridgehead atoms. The molecule has 178 valence electrons. The lowest BCUT2D eigenvalue weighted by molar-refractivity contribution is 0.0494. The van der Waals surface area contributed by atoms with E-state index >= 15 is 0 Å². The van der Waals surface area contributed by atoms with Crippen molar-refractivity contribution in [3.63, 3.8) is 0 Å². The van der Waals surface area contributed by atoms with Crippen molar-refractivity contribution in [1.82, 2.24) is 0 Å². The number of rotatable bonds is 10. The molecule has 34 heavy (non-hydrogen) atoms. The van der Waals surface area contributed by atoms with Crippen LogP contribution in [0, 0.1) is 5.82 Å². The van der Waals surface area contributed by atoms with Crippen LogP contribution in [0.1, 0.15) is 33.6 Å². The maximum atomic E-state index is 13.0. The van der Waals surface area contributed by atoms with Crippen LogP contribution >= 0.6 is 0 Å². The molecule has 0 fully saturated rings. The van der Waals surface area contributed by atoms with Gasteiger partial charge in [0.1, 0.15) is 11.6 Å². The summed E-state index contributed by atoms with van der Waals surface area (Å²) in [5.74, 6) is -0.715. The lowest BCUT2D eigenvalue weighted by Gasteiger charge is -2.20. The molecule has 3 rings (SSSR count). The third-order valence-corrected chi connectivity index (χ3v) is 6.89. The maximum Gasteiger partial charge on any atom is 0.338 e. The topological polar surface area (TPSA) is 90.0 Å². The van der Waals surface area contributed by atoms with Crippen LogP contribution in [0.3, 0.4) is 0 Å². The SMILES string of the molecule is COc1ccc(N(C)S(=O)(=O)c2cccc(C(=O)OCCCC(=O)c3ccc(F)cc3)c2)cc1. The summed E-state index contributed by atoms with van der Waals surface area (Å²) in [7, 11) is -0.990. The molecule has 0 saturated heterocycles. The van der Waals surface area contributed by atoms with Gasteiger partial charge < -0.3 is 9.47 Å². The molecular weight excluding hydrogens is 461 g/mol. The van der Waals surface area contributed by atoms with Gasteiger partial charge in [-0.2, -0.15) is 0 Å². The molecule has 0 aliphatic carbocycles. The zero-order chi connectivity index (χ0) is 24.7. The van der Waals surface area contributed by atoms with Gasteiger partial charge in [-0.25, -0.2) is 17.6 Å². The van der Waals surface area contributed by atoms with Gasteiger partial charge in [0.15, 0.2) is 5.78 Å². The van der Waals surface area contributed by atoms with E-state index in [-0.39, 0.29) is 35.7 Å². The van der Waals surface area contributed by atoms with E-state index in [0.717, 1.165) is 4.31 Å². The number of esters is 1. The van der Waals surface area contributed by atoms with E-state index in [0.29, 0.717) is 17.0 Å². The highest BCUT2D eigenvalue weighted by Crippen LogP contribution is 2.25. The van der Waals surface area contributed by atoms with Crippen molar-refractivity contribution < 1.29 is 31.9 Å². The number of ether oxygens (including phenoxy) is 2. The van der Waals surface area contributed by atoms with E-state index in [2.05, 4.69) is 0 Å². The number of nitrogens with zero attached hydrogens (tertiary/aromatic N) is 1. The first-order chi connectivity index (χ1) is 16.2. The highest BCUT2D eigenvalue weighted by Gasteiger charge is 2.23. The summed E-state index contributed by atoms with van der Waals surface area (Å²) in [6.07, 6.45) is 0.403. The molecule has 0 heterocycles. The predicted molar refractivity (Wildman–Crippen MR) is 125 cm³/mol. The zero-order valence-corrected chi connectivity index (χ0v) is 19.5. The Hall–Kier alpha value is -3.72. The van der Waals surface area contributed by atoms with Gasteiger partial charge in [-0.05, 0) is 73.2 Å². The molecule has 0 radical (unpaired) electrons. The number of hydrogen-bond donors (Lipinski definition) is 0. The Balaban J connectivity index is 1.60. The molecular formula is C25H24FNO6S. The van der Waals surface area contributed by atoms with Gasteiger partial charge in [0.05, 0.1) is 29.9 Å². The van der Waals surface area contributed by atoms with Crippen molar-refractivity contribution in [2.75, 3.05) is 25.1 Å². The zero-order valence-electron chi connectivity index (χ0n) is 18.7. The van der Waals surface area contributed by atoms with E-state index < -0.39 is 21.8 Å². The summed E-state index contributed by atoms with van der Waals surface area (Å²) in [4.78, 5) is 24.5. The largest absolute Gasteiger partial charge is 0.497 e. The normalized spacial score (nSPS) is 11.0. The number of Topliss-reactive ketones (excluding diaryl/α,β-unsaturated/α-hetero) is 1. The van der Waals surface area contributed by atoms with Crippen LogP contribution in [-0.4, -0.2) is 40.9 Å². The molecule has 0 N–H and O–H groups in total. The number of ketones is 1. The van der Waals surface area contributed by atoms with Crippen LogP contribution < -0.4 is 9.04 Å². The Labute approximate surface area is 197 Å². The van der Waals surface area contributed by atoms with Crippen LogP contribution in [0.5, 0.6) is 5.75 Å². The average Bonchev–Trinajstić information content (AvgIpc) is 2.86. The molecule has 9 heteroatoms. The van der Waals surface area contributed by atoms with Crippen molar-refractivity contribution >= 4 is 27.5 Å². The second kappa shape index (κ2) is 10.9. The fourth-order valence-corrected chi connectivity index (χ4v) is 4.38. The van der Waals surface area contributed by atoms with Gasteiger partial charge in [-0.15, -0.1) is 0 Å². The number of benzene rings is 3. The van der Waals surface area contributed by atoms with Gasteiger partial charge in [0.2, 0.25) is 0 Å². The first-order valence-corrected chi connectivity index (χ1v) is 11.9. The molecule has 0 atom stereocenters. The molecule has 0 unspecified atom stereocenters. The van der Waals surface area contributed by atoms with Gasteiger partial charge in [-0.1, -0.05) is 6.07 Å². The van der Waals surface area contributed by atoms with Gasteiger partial charge >= 0.3 is 5.97 Å². The van der Waals surface area contributed by atoms with Gasteiger partial charge in [0.25, 0.3) is 10.0 Å². The molecule has 0 saturated carbocycles. The van der Waals surface area contributed by atoms with Crippen molar-refractivity contribution in [3.8, 4) is 5.75 Å². The van der Waals surface area contributed by atoms with E-state index in [9.17, 15) is 22.4 Å². The third-order valence-electron chi connectivity index (χ3n) is 5.11. The van der Waals surface area contributed by atoms with Crippen molar-refractivity contribution in [2.45, 2.75) is 17.7 Å². The lowest BCUT2D eigenvalue weighted by atomic mass is 10.1. The van der Waals surface area contributed by atoms with Crippen LogP contribution in [0.25, 0.3) is 0 Å². The van der Waals surface area contributed by atoms with Crippen molar-refractivity contribution in [2.24, 2.45) is 0 Å². The minimum absolute atomic E-state index is 0.0193. The fraction of sp³-hybridized carbons (Fsp3) is 0.200. The summed E-state index contributed by atoms with van der Waals surface area (Å²) < 4.78 is 50.4. The number of halogens is 1. The third kappa shape index (κ3) is 5.99. The Morgan fingerprint density at radius 2 is 1.62 bits per heavy atom. The van der Waals surface area contributed by atoms with E-state index in [4.69, 9.17) is 9.47 Å². The van der Waals surface area contributed by atoms with Gasteiger partial charge in [-0.3, -0.25) is 9.10 Å². The number of methoxy groups -OCH3 is 1. The first kappa shape index (κ1) is 24.9. The second-order valence-electron chi connectivity index (χ2n) is 7.37. The second-order valence-corrected chi connectivity index (χ2v) is 9.34. The number of carbonyl (C=O) groups excluding carboxylic acids is 2. The highest BCUT2D eigenvalue weighted by molar-refractivity contribution is 7.92. The number of hydrogen-bond acceptors (Lipinski definition) is 6. The van der Waals surface area contributed by atoms with Crippen molar-refractivity contribution in [3.05, 3.63) is 89.7 Å². The monoisotopic (exact) mass is 485 g/mol. The summed E-state index contributed by atoms with van der Waals surface area (Å²) >= 11 is 0. The summed E-state index contributed by atoms with van der Waals surface area (Å²) in [5, 5.41) is 0. The number of sulfonamides is 1. The van der Waals surface area contributed by atoms with Crippen LogP contribution in [0.4, 0.5) is 10.1 Å². The lowest BCUT2D eigenvalue weighted by Crippen LogP contribution is -2.26. The van der Waals surface area contributed by atoms with E-state index in [1.165, 1.54) is 62.7 Å². The molecule has 0 aliphatic heterocycles. The van der Waals surface area contributed by atoms with Crippen LogP contribution in [0.15, 0.2) is 77.7 Å².